The van der Waals surface area contributed by atoms with E-state index in [9.17, 15) is 14.9 Å². The molecule has 0 fully saturated rings. The van der Waals surface area contributed by atoms with E-state index in [4.69, 9.17) is 9.47 Å². The Kier molecular flexibility index (Phi) is 6.19. The summed E-state index contributed by atoms with van der Waals surface area (Å²) in [5.41, 5.74) is 0.224. The van der Waals surface area contributed by atoms with Crippen LogP contribution >= 0.6 is 11.8 Å². The maximum absolute atomic E-state index is 12.2. The Morgan fingerprint density at radius 1 is 1.40 bits per heavy atom. The molecule has 0 radical (unpaired) electrons. The zero-order valence-corrected chi connectivity index (χ0v) is 14.8. The fourth-order valence-corrected chi connectivity index (χ4v) is 2.84. The molecule has 0 spiro atoms. The number of aromatic nitrogens is 2. The average molecular weight is 359 g/mol. The quantitative estimate of drug-likeness (QED) is 0.479. The van der Waals surface area contributed by atoms with Gasteiger partial charge in [0, 0.05) is 5.56 Å². The Labute approximate surface area is 149 Å². The lowest BCUT2D eigenvalue weighted by atomic mass is 10.1. The summed E-state index contributed by atoms with van der Waals surface area (Å²) in [6.07, 6.45) is 0. The van der Waals surface area contributed by atoms with Crippen LogP contribution in [-0.2, 0) is 9.53 Å². The molecular formula is C17H17N3O4S. The molecule has 1 aromatic carbocycles. The topological polar surface area (TPSA) is 105 Å². The number of nitriles is 1. The normalized spacial score (nSPS) is 11.4. The molecule has 0 aliphatic carbocycles. The maximum Gasteiger partial charge on any atom is 0.319 e. The van der Waals surface area contributed by atoms with E-state index in [1.807, 2.05) is 6.07 Å². The van der Waals surface area contributed by atoms with Crippen LogP contribution in [0.2, 0.25) is 0 Å². The number of hydrogen-bond donors (Lipinski definition) is 1. The van der Waals surface area contributed by atoms with Gasteiger partial charge in [0.05, 0.1) is 19.4 Å². The minimum atomic E-state index is -0.554. The van der Waals surface area contributed by atoms with Crippen LogP contribution in [0.1, 0.15) is 19.4 Å². The molecule has 1 heterocycles. The van der Waals surface area contributed by atoms with Crippen LogP contribution in [0.5, 0.6) is 5.75 Å². The van der Waals surface area contributed by atoms with Crippen LogP contribution in [0.3, 0.4) is 0 Å². The van der Waals surface area contributed by atoms with Gasteiger partial charge in [0.15, 0.2) is 5.16 Å². The van der Waals surface area contributed by atoms with Gasteiger partial charge in [0.1, 0.15) is 22.6 Å². The van der Waals surface area contributed by atoms with E-state index in [-0.39, 0.29) is 23.0 Å². The van der Waals surface area contributed by atoms with Crippen LogP contribution in [0.15, 0.2) is 34.2 Å². The first-order valence-electron chi connectivity index (χ1n) is 7.52. The minimum Gasteiger partial charge on any atom is -0.497 e. The molecule has 0 saturated heterocycles. The van der Waals surface area contributed by atoms with Crippen LogP contribution in [0, 0.1) is 11.3 Å². The Hall–Kier alpha value is -2.79. The van der Waals surface area contributed by atoms with E-state index in [1.54, 1.807) is 45.2 Å². The standard InChI is InChI=1S/C17H17N3O4S/c1-4-24-16(22)10(2)25-17-19-14(13(9-18)15(21)20-17)11-5-7-12(23-3)8-6-11/h5-8,10H,4H2,1-3H3,(H,19,20,21)/t10-/m0/s1. The second-order valence-electron chi connectivity index (χ2n) is 4.95. The third-order valence-corrected chi connectivity index (χ3v) is 4.24. The van der Waals surface area contributed by atoms with Crippen molar-refractivity contribution in [1.82, 2.24) is 9.97 Å². The molecule has 0 bridgehead atoms. The zero-order valence-electron chi connectivity index (χ0n) is 14.0. The van der Waals surface area contributed by atoms with Gasteiger partial charge in [-0.3, -0.25) is 9.59 Å². The van der Waals surface area contributed by atoms with Crippen molar-refractivity contribution in [2.45, 2.75) is 24.3 Å². The second-order valence-corrected chi connectivity index (χ2v) is 6.28. The number of ether oxygens (including phenoxy) is 2. The lowest BCUT2D eigenvalue weighted by Crippen LogP contribution is -2.19. The number of nitrogens with zero attached hydrogens (tertiary/aromatic N) is 2. The van der Waals surface area contributed by atoms with Gasteiger partial charge < -0.3 is 14.5 Å². The highest BCUT2D eigenvalue weighted by Gasteiger charge is 2.19. The predicted molar refractivity (Wildman–Crippen MR) is 93.5 cm³/mol. The highest BCUT2D eigenvalue weighted by atomic mass is 32.2. The molecule has 0 unspecified atom stereocenters. The van der Waals surface area contributed by atoms with Crippen LogP contribution < -0.4 is 10.3 Å². The Bertz CT molecular complexity index is 856. The first-order chi connectivity index (χ1) is 12.0. The molecular weight excluding hydrogens is 342 g/mol. The SMILES string of the molecule is CCOC(=O)[C@H](C)Sc1nc(-c2ccc(OC)cc2)c(C#N)c(=O)[nH]1. The van der Waals surface area contributed by atoms with E-state index >= 15 is 0 Å². The summed E-state index contributed by atoms with van der Waals surface area (Å²) in [5, 5.41) is 8.98. The largest absolute Gasteiger partial charge is 0.497 e. The van der Waals surface area contributed by atoms with Crippen molar-refractivity contribution >= 4 is 17.7 Å². The van der Waals surface area contributed by atoms with Crippen molar-refractivity contribution in [2.75, 3.05) is 13.7 Å². The van der Waals surface area contributed by atoms with E-state index in [1.165, 1.54) is 0 Å². The van der Waals surface area contributed by atoms with Crippen molar-refractivity contribution in [2.24, 2.45) is 0 Å². The Morgan fingerprint density at radius 3 is 2.64 bits per heavy atom. The minimum absolute atomic E-state index is 0.0849. The van der Waals surface area contributed by atoms with Crippen LogP contribution in [-0.4, -0.2) is 34.9 Å². The third kappa shape index (κ3) is 4.39. The smallest absolute Gasteiger partial charge is 0.319 e. The molecule has 0 aliphatic heterocycles. The number of thioether (sulfide) groups is 1. The van der Waals surface area contributed by atoms with Gasteiger partial charge in [-0.2, -0.15) is 5.26 Å². The van der Waals surface area contributed by atoms with E-state index in [2.05, 4.69) is 9.97 Å². The predicted octanol–water partition coefficient (Wildman–Crippen LogP) is 2.36. The number of hydrogen-bond acceptors (Lipinski definition) is 7. The van der Waals surface area contributed by atoms with E-state index in [0.717, 1.165) is 11.8 Å². The molecule has 25 heavy (non-hydrogen) atoms. The molecule has 0 saturated carbocycles. The Balaban J connectivity index is 2.42. The van der Waals surface area contributed by atoms with Crippen molar-refractivity contribution in [3.8, 4) is 23.1 Å². The molecule has 2 aromatic rings. The summed E-state index contributed by atoms with van der Waals surface area (Å²) < 4.78 is 10.0. The number of rotatable bonds is 6. The molecule has 0 aliphatic rings. The molecule has 130 valence electrons. The molecule has 8 heteroatoms. The first-order valence-corrected chi connectivity index (χ1v) is 8.40. The molecule has 1 atom stereocenters. The summed E-state index contributed by atoms with van der Waals surface area (Å²) in [4.78, 5) is 30.8. The fraction of sp³-hybridized carbons (Fsp3) is 0.294. The second kappa shape index (κ2) is 8.35. The molecule has 0 amide bonds. The van der Waals surface area contributed by atoms with Gasteiger partial charge >= 0.3 is 5.97 Å². The molecule has 1 N–H and O–H groups in total. The van der Waals surface area contributed by atoms with Crippen molar-refractivity contribution in [1.29, 1.82) is 5.26 Å². The first kappa shape index (κ1) is 18.5. The number of benzene rings is 1. The summed E-state index contributed by atoms with van der Waals surface area (Å²) >= 11 is 1.07. The molecule has 2 rings (SSSR count). The summed E-state index contributed by atoms with van der Waals surface area (Å²) in [5.74, 6) is 0.253. The lowest BCUT2D eigenvalue weighted by Gasteiger charge is -2.11. The lowest BCUT2D eigenvalue weighted by molar-refractivity contribution is -0.142. The van der Waals surface area contributed by atoms with Crippen molar-refractivity contribution < 1.29 is 14.3 Å². The number of aromatic amines is 1. The number of esters is 1. The van der Waals surface area contributed by atoms with Crippen molar-refractivity contribution in [3.63, 3.8) is 0 Å². The van der Waals surface area contributed by atoms with Gasteiger partial charge in [-0.1, -0.05) is 11.8 Å². The fourth-order valence-electron chi connectivity index (χ4n) is 2.05. The monoisotopic (exact) mass is 359 g/mol. The van der Waals surface area contributed by atoms with Crippen LogP contribution in [0.4, 0.5) is 0 Å². The number of H-pyrrole nitrogens is 1. The highest BCUT2D eigenvalue weighted by molar-refractivity contribution is 8.00. The zero-order chi connectivity index (χ0) is 18.4. The summed E-state index contributed by atoms with van der Waals surface area (Å²) in [6, 6.07) is 8.73. The average Bonchev–Trinajstić information content (AvgIpc) is 2.61. The van der Waals surface area contributed by atoms with Crippen molar-refractivity contribution in [3.05, 3.63) is 40.2 Å². The Morgan fingerprint density at radius 2 is 2.08 bits per heavy atom. The molecule has 1 aromatic heterocycles. The number of nitrogens with one attached hydrogen (secondary N) is 1. The maximum atomic E-state index is 12.2. The number of methoxy groups -OCH3 is 1. The number of carbonyl (C=O) groups excluding carboxylic acids is 1. The molecule has 7 nitrogen and oxygen atoms in total. The van der Waals surface area contributed by atoms with E-state index in [0.29, 0.717) is 11.3 Å². The highest BCUT2D eigenvalue weighted by Crippen LogP contribution is 2.26. The summed E-state index contributed by atoms with van der Waals surface area (Å²) in [6.45, 7) is 3.66. The third-order valence-electron chi connectivity index (χ3n) is 3.28. The van der Waals surface area contributed by atoms with Gasteiger partial charge in [0.2, 0.25) is 0 Å². The number of carbonyl (C=O) groups is 1. The van der Waals surface area contributed by atoms with Gasteiger partial charge in [-0.15, -0.1) is 0 Å². The van der Waals surface area contributed by atoms with E-state index < -0.39 is 16.8 Å². The van der Waals surface area contributed by atoms with Gasteiger partial charge in [-0.25, -0.2) is 4.98 Å². The van der Waals surface area contributed by atoms with Gasteiger partial charge in [0.25, 0.3) is 5.56 Å². The summed E-state index contributed by atoms with van der Waals surface area (Å²) in [7, 11) is 1.55. The van der Waals surface area contributed by atoms with Gasteiger partial charge in [-0.05, 0) is 38.1 Å². The van der Waals surface area contributed by atoms with Crippen LogP contribution in [0.25, 0.3) is 11.3 Å².